The van der Waals surface area contributed by atoms with Crippen LogP contribution in [0.4, 0.5) is 0 Å². The van der Waals surface area contributed by atoms with Gasteiger partial charge < -0.3 is 14.2 Å². The molecule has 0 fully saturated rings. The Balaban J connectivity index is 1.26. The van der Waals surface area contributed by atoms with Crippen LogP contribution in [0.5, 0.6) is 17.2 Å². The van der Waals surface area contributed by atoms with E-state index in [4.69, 9.17) is 14.2 Å². The highest BCUT2D eigenvalue weighted by Crippen LogP contribution is 2.34. The van der Waals surface area contributed by atoms with E-state index in [9.17, 15) is 4.79 Å². The lowest BCUT2D eigenvalue weighted by Gasteiger charge is -2.16. The Kier molecular flexibility index (Phi) is 8.32. The molecule has 4 aromatic carbocycles. The Morgan fingerprint density at radius 3 is 2.60 bits per heavy atom. The number of fused-ring (bicyclic) bond motifs is 2. The van der Waals surface area contributed by atoms with E-state index >= 15 is 0 Å². The average Bonchev–Trinajstić information content (AvgIpc) is 2.99. The molecule has 40 heavy (non-hydrogen) atoms. The standard InChI is InChI=1S/C33H29N3O4/c1-3-9-26-18-23(20-35-36-31(37)22-39-29-16-7-12-25-14-8-17-34-32(25)29)19-30(38-2)33(26)40-21-27-13-6-11-24-10-4-5-15-28(24)27/h3-8,10-20H,1,9,21-22H2,2H3,(H,36,37)/b35-20+. The minimum absolute atomic E-state index is 0.195. The molecule has 5 aromatic rings. The number of para-hydroxylation sites is 1. The van der Waals surface area contributed by atoms with Gasteiger partial charge in [0.15, 0.2) is 18.1 Å². The second-order valence-corrected chi connectivity index (χ2v) is 9.04. The molecular weight excluding hydrogens is 502 g/mol. The molecule has 5 rings (SSSR count). The first kappa shape index (κ1) is 26.4. The number of nitrogens with one attached hydrogen (secondary N) is 1. The molecule has 0 aliphatic carbocycles. The number of carbonyl (C=O) groups excluding carboxylic acids is 1. The van der Waals surface area contributed by atoms with Gasteiger partial charge in [0.25, 0.3) is 5.91 Å². The number of ether oxygens (including phenoxy) is 3. The van der Waals surface area contributed by atoms with Crippen molar-refractivity contribution in [3.8, 4) is 17.2 Å². The number of amides is 1. The predicted molar refractivity (Wildman–Crippen MR) is 158 cm³/mol. The second-order valence-electron chi connectivity index (χ2n) is 9.04. The van der Waals surface area contributed by atoms with Gasteiger partial charge in [-0.05, 0) is 52.6 Å². The largest absolute Gasteiger partial charge is 0.493 e. The van der Waals surface area contributed by atoms with Crippen molar-refractivity contribution in [2.24, 2.45) is 5.10 Å². The SMILES string of the molecule is C=CCc1cc(/C=N/NC(=O)COc2cccc3cccnc23)cc(OC)c1OCc1cccc2ccccc12. The molecule has 7 heteroatoms. The number of aromatic nitrogens is 1. The van der Waals surface area contributed by atoms with Crippen molar-refractivity contribution in [3.63, 3.8) is 0 Å². The maximum atomic E-state index is 12.4. The zero-order valence-corrected chi connectivity index (χ0v) is 22.2. The number of hydrazone groups is 1. The third-order valence-electron chi connectivity index (χ3n) is 6.35. The van der Waals surface area contributed by atoms with Crippen LogP contribution >= 0.6 is 0 Å². The Morgan fingerprint density at radius 2 is 1.73 bits per heavy atom. The van der Waals surface area contributed by atoms with Crippen molar-refractivity contribution in [1.82, 2.24) is 10.4 Å². The summed E-state index contributed by atoms with van der Waals surface area (Å²) in [5, 5.41) is 7.35. The molecule has 7 nitrogen and oxygen atoms in total. The third kappa shape index (κ3) is 6.10. The maximum absolute atomic E-state index is 12.4. The molecule has 0 atom stereocenters. The van der Waals surface area contributed by atoms with Crippen LogP contribution in [-0.4, -0.2) is 30.8 Å². The monoisotopic (exact) mass is 531 g/mol. The summed E-state index contributed by atoms with van der Waals surface area (Å²) in [4.78, 5) is 16.7. The van der Waals surface area contributed by atoms with E-state index in [1.807, 2.05) is 60.7 Å². The molecule has 0 saturated heterocycles. The van der Waals surface area contributed by atoms with Crippen molar-refractivity contribution in [1.29, 1.82) is 0 Å². The Bertz CT molecular complexity index is 1690. The number of carbonyl (C=O) groups is 1. The molecule has 0 saturated carbocycles. The first-order chi connectivity index (χ1) is 19.7. The van der Waals surface area contributed by atoms with E-state index < -0.39 is 5.91 Å². The van der Waals surface area contributed by atoms with Gasteiger partial charge in [0.1, 0.15) is 17.9 Å². The quantitative estimate of drug-likeness (QED) is 0.124. The lowest BCUT2D eigenvalue weighted by molar-refractivity contribution is -0.123. The lowest BCUT2D eigenvalue weighted by Crippen LogP contribution is -2.24. The zero-order valence-electron chi connectivity index (χ0n) is 22.2. The van der Waals surface area contributed by atoms with Crippen LogP contribution in [0.25, 0.3) is 21.7 Å². The first-order valence-electron chi connectivity index (χ1n) is 12.9. The fourth-order valence-electron chi connectivity index (χ4n) is 4.50. The van der Waals surface area contributed by atoms with Crippen LogP contribution < -0.4 is 19.6 Å². The number of allylic oxidation sites excluding steroid dienone is 1. The minimum atomic E-state index is -0.391. The average molecular weight is 532 g/mol. The molecule has 200 valence electrons. The van der Waals surface area contributed by atoms with Crippen LogP contribution in [0.2, 0.25) is 0 Å². The highest BCUT2D eigenvalue weighted by atomic mass is 16.5. The summed E-state index contributed by atoms with van der Waals surface area (Å²) in [6.07, 6.45) is 5.62. The van der Waals surface area contributed by atoms with Gasteiger partial charge in [-0.25, -0.2) is 5.43 Å². The van der Waals surface area contributed by atoms with Gasteiger partial charge in [0.05, 0.1) is 13.3 Å². The van der Waals surface area contributed by atoms with E-state index in [0.29, 0.717) is 35.8 Å². The fraction of sp³-hybridized carbons (Fsp3) is 0.121. The number of nitrogens with zero attached hydrogens (tertiary/aromatic N) is 2. The van der Waals surface area contributed by atoms with Gasteiger partial charge in [-0.1, -0.05) is 66.7 Å². The Morgan fingerprint density at radius 1 is 0.925 bits per heavy atom. The first-order valence-corrected chi connectivity index (χ1v) is 12.9. The molecule has 0 aliphatic heterocycles. The topological polar surface area (TPSA) is 82.0 Å². The summed E-state index contributed by atoms with van der Waals surface area (Å²) in [7, 11) is 1.60. The van der Waals surface area contributed by atoms with E-state index in [-0.39, 0.29) is 6.61 Å². The zero-order chi connectivity index (χ0) is 27.7. The highest BCUT2D eigenvalue weighted by Gasteiger charge is 2.14. The van der Waals surface area contributed by atoms with Crippen molar-refractivity contribution >= 4 is 33.8 Å². The molecule has 0 spiro atoms. The fourth-order valence-corrected chi connectivity index (χ4v) is 4.50. The molecule has 1 heterocycles. The van der Waals surface area contributed by atoms with Crippen LogP contribution in [0.1, 0.15) is 16.7 Å². The van der Waals surface area contributed by atoms with Gasteiger partial charge in [-0.2, -0.15) is 5.10 Å². The molecule has 1 N–H and O–H groups in total. The van der Waals surface area contributed by atoms with Crippen LogP contribution in [-0.2, 0) is 17.8 Å². The molecule has 1 aromatic heterocycles. The number of methoxy groups -OCH3 is 1. The number of benzene rings is 4. The summed E-state index contributed by atoms with van der Waals surface area (Å²) in [6, 6.07) is 27.5. The molecular formula is C33H29N3O4. The summed E-state index contributed by atoms with van der Waals surface area (Å²) in [5.74, 6) is 1.36. The normalized spacial score (nSPS) is 11.0. The molecule has 0 radical (unpaired) electrons. The molecule has 0 aliphatic rings. The summed E-state index contributed by atoms with van der Waals surface area (Å²) in [5.41, 5.74) is 5.93. The Hall–Kier alpha value is -5.17. The molecule has 0 unspecified atom stereocenters. The van der Waals surface area contributed by atoms with Crippen molar-refractivity contribution in [3.05, 3.63) is 120 Å². The van der Waals surface area contributed by atoms with Crippen molar-refractivity contribution in [2.75, 3.05) is 13.7 Å². The maximum Gasteiger partial charge on any atom is 0.277 e. The number of hydrogen-bond acceptors (Lipinski definition) is 6. The van der Waals surface area contributed by atoms with Gasteiger partial charge >= 0.3 is 0 Å². The van der Waals surface area contributed by atoms with E-state index in [1.165, 1.54) is 0 Å². The van der Waals surface area contributed by atoms with E-state index in [0.717, 1.165) is 32.8 Å². The summed E-state index contributed by atoms with van der Waals surface area (Å²) < 4.78 is 17.6. The second kappa shape index (κ2) is 12.6. The van der Waals surface area contributed by atoms with Gasteiger partial charge in [-0.3, -0.25) is 9.78 Å². The highest BCUT2D eigenvalue weighted by molar-refractivity contribution is 5.87. The third-order valence-corrected chi connectivity index (χ3v) is 6.35. The Labute approximate surface area is 232 Å². The van der Waals surface area contributed by atoms with Crippen LogP contribution in [0, 0.1) is 0 Å². The summed E-state index contributed by atoms with van der Waals surface area (Å²) >= 11 is 0. The van der Waals surface area contributed by atoms with E-state index in [2.05, 4.69) is 46.4 Å². The number of pyridine rings is 1. The molecule has 0 bridgehead atoms. The minimum Gasteiger partial charge on any atom is -0.493 e. The van der Waals surface area contributed by atoms with E-state index in [1.54, 1.807) is 25.6 Å². The van der Waals surface area contributed by atoms with Gasteiger partial charge in [0, 0.05) is 17.1 Å². The smallest absolute Gasteiger partial charge is 0.277 e. The van der Waals surface area contributed by atoms with Gasteiger partial charge in [-0.15, -0.1) is 6.58 Å². The van der Waals surface area contributed by atoms with Crippen LogP contribution in [0.3, 0.4) is 0 Å². The number of rotatable bonds is 11. The molecule has 1 amide bonds. The van der Waals surface area contributed by atoms with Crippen molar-refractivity contribution in [2.45, 2.75) is 13.0 Å². The van der Waals surface area contributed by atoms with Crippen molar-refractivity contribution < 1.29 is 19.0 Å². The summed E-state index contributed by atoms with van der Waals surface area (Å²) in [6.45, 7) is 4.08. The lowest BCUT2D eigenvalue weighted by atomic mass is 10.0. The van der Waals surface area contributed by atoms with Gasteiger partial charge in [0.2, 0.25) is 0 Å². The predicted octanol–water partition coefficient (Wildman–Crippen LogP) is 6.23. The number of hydrogen-bond donors (Lipinski definition) is 1. The van der Waals surface area contributed by atoms with Crippen LogP contribution in [0.15, 0.2) is 109 Å².